The number of rotatable bonds is 11. The molecule has 1 heterocycles. The van der Waals surface area contributed by atoms with E-state index in [9.17, 15) is 34.2 Å². The number of alkyl carbamates (subject to hydrolysis) is 1. The highest BCUT2D eigenvalue weighted by Gasteiger charge is 2.73. The molecular formula is C48H52N2O13. The van der Waals surface area contributed by atoms with Gasteiger partial charge >= 0.3 is 24.0 Å². The molecule has 15 heteroatoms. The summed E-state index contributed by atoms with van der Waals surface area (Å²) in [5.74, 6) is -5.86. The number of esters is 3. The summed E-state index contributed by atoms with van der Waals surface area (Å²) in [5.41, 5.74) is -4.54. The Morgan fingerprint density at radius 3 is 2.05 bits per heavy atom. The second kappa shape index (κ2) is 17.5. The molecule has 2 amide bonds. The van der Waals surface area contributed by atoms with Gasteiger partial charge in [-0.15, -0.1) is 0 Å². The fourth-order valence-electron chi connectivity index (χ4n) is 10.1. The van der Waals surface area contributed by atoms with Gasteiger partial charge in [0.05, 0.1) is 29.7 Å². The zero-order valence-electron chi connectivity index (χ0n) is 35.6. The van der Waals surface area contributed by atoms with Crippen LogP contribution in [0, 0.1) is 22.7 Å². The molecule has 11 atom stereocenters. The zero-order valence-corrected chi connectivity index (χ0v) is 35.6. The first-order valence-corrected chi connectivity index (χ1v) is 20.8. The van der Waals surface area contributed by atoms with Crippen LogP contribution in [0.1, 0.15) is 79.8 Å². The lowest BCUT2D eigenvalue weighted by atomic mass is 9.45. The lowest BCUT2D eigenvalue weighted by molar-refractivity contribution is -0.277. The molecule has 2 saturated carbocycles. The van der Waals surface area contributed by atoms with E-state index in [0.717, 1.165) is 13.1 Å². The number of hydrogen-bond donors (Lipinski definition) is 4. The maximum atomic E-state index is 15.7. The largest absolute Gasteiger partial charge is 0.456 e. The summed E-state index contributed by atoms with van der Waals surface area (Å²) in [6.45, 7) is 11.1. The van der Waals surface area contributed by atoms with Crippen LogP contribution in [-0.4, -0.2) is 94.7 Å². The van der Waals surface area contributed by atoms with Crippen molar-refractivity contribution in [2.45, 2.75) is 95.7 Å². The van der Waals surface area contributed by atoms with Crippen LogP contribution in [0.5, 0.6) is 0 Å². The molecule has 4 aliphatic rings. The SMILES string of the molecule is C=CNC(=O)OC1CC2OC[C@H]2C2[C@H](OC(=O)c3ccccc3)[C@]3(O)C[C@H](OC(=O)[C@H](O)[C@@H](NC(=O)c4ccccc4)c4ccccc4)C(C)=C([C@@H](OC(C)=O)C(=O)C12C)C3(C)C. The van der Waals surface area contributed by atoms with E-state index >= 15 is 4.79 Å². The fraction of sp³-hybridized carbons (Fsp3) is 0.417. The van der Waals surface area contributed by atoms with Gasteiger partial charge in [0.15, 0.2) is 18.0 Å². The minimum absolute atomic E-state index is 0.0431. The Balaban J connectivity index is 1.37. The quantitative estimate of drug-likeness (QED) is 0.115. The van der Waals surface area contributed by atoms with Gasteiger partial charge < -0.3 is 39.2 Å². The molecule has 0 spiro atoms. The van der Waals surface area contributed by atoms with Crippen LogP contribution in [0.25, 0.3) is 0 Å². The Morgan fingerprint density at radius 2 is 1.48 bits per heavy atom. The van der Waals surface area contributed by atoms with Gasteiger partial charge in [0.25, 0.3) is 5.91 Å². The van der Waals surface area contributed by atoms with Crippen molar-refractivity contribution in [1.29, 1.82) is 0 Å². The van der Waals surface area contributed by atoms with Crippen LogP contribution in [-0.2, 0) is 38.1 Å². The fourth-order valence-corrected chi connectivity index (χ4v) is 10.1. The molecule has 2 bridgehead atoms. The van der Waals surface area contributed by atoms with E-state index in [-0.39, 0.29) is 35.3 Å². The number of ketones is 1. The van der Waals surface area contributed by atoms with Crippen molar-refractivity contribution < 1.29 is 62.7 Å². The van der Waals surface area contributed by atoms with Crippen molar-refractivity contribution in [2.24, 2.45) is 22.7 Å². The third kappa shape index (κ3) is 8.05. The standard InChI is InChI=1S/C48H52N2O13/c1-7-49-45(57)62-34-23-32-31(25-59-32)36-41(63-43(55)30-21-15-10-16-22-30)48(58)24-33(26(2)35(46(48,4)5)39(60-27(3)51)40(53)47(34,36)6)61-44(56)38(52)37(28-17-11-8-12-18-28)50-42(54)29-19-13-9-14-20-29/h7-22,31-34,36-39,41,52,58H,1,23-25H2,2-6H3,(H,49,57)(H,50,54)/t31-,32?,33+,34?,36?,37+,38-,39-,41+,47?,48-/m1/s1. The van der Waals surface area contributed by atoms with Crippen LogP contribution >= 0.6 is 0 Å². The predicted octanol–water partition coefficient (Wildman–Crippen LogP) is 4.93. The predicted molar refractivity (Wildman–Crippen MR) is 224 cm³/mol. The number of benzene rings is 3. The van der Waals surface area contributed by atoms with Gasteiger partial charge in [-0.3, -0.25) is 19.7 Å². The van der Waals surface area contributed by atoms with Gasteiger partial charge in [0, 0.05) is 42.6 Å². The highest BCUT2D eigenvalue weighted by Crippen LogP contribution is 2.63. The molecule has 1 saturated heterocycles. The van der Waals surface area contributed by atoms with Crippen molar-refractivity contribution in [3.8, 4) is 0 Å². The molecule has 15 nitrogen and oxygen atoms in total. The number of carbonyl (C=O) groups excluding carboxylic acids is 6. The van der Waals surface area contributed by atoms with Crippen molar-refractivity contribution in [3.63, 3.8) is 0 Å². The average Bonchev–Trinajstić information content (AvgIpc) is 3.25. The van der Waals surface area contributed by atoms with Crippen molar-refractivity contribution in [3.05, 3.63) is 132 Å². The first-order valence-electron chi connectivity index (χ1n) is 20.8. The average molecular weight is 865 g/mol. The van der Waals surface area contributed by atoms with Crippen molar-refractivity contribution >= 4 is 35.7 Å². The maximum Gasteiger partial charge on any atom is 0.411 e. The van der Waals surface area contributed by atoms with Gasteiger partial charge in [-0.2, -0.15) is 0 Å². The second-order valence-corrected chi connectivity index (χ2v) is 17.3. The van der Waals surface area contributed by atoms with E-state index in [4.69, 9.17) is 23.7 Å². The molecule has 4 N–H and O–H groups in total. The maximum absolute atomic E-state index is 15.7. The lowest BCUT2D eigenvalue weighted by Crippen LogP contribution is -2.75. The van der Waals surface area contributed by atoms with E-state index in [2.05, 4.69) is 17.2 Å². The number of amides is 2. The normalized spacial score (nSPS) is 30.2. The molecule has 1 aliphatic heterocycles. The Bertz CT molecular complexity index is 2300. The van der Waals surface area contributed by atoms with E-state index in [1.807, 2.05) is 0 Å². The van der Waals surface area contributed by atoms with Crippen LogP contribution in [0.4, 0.5) is 4.79 Å². The number of fused-ring (bicyclic) bond motifs is 5. The van der Waals surface area contributed by atoms with E-state index in [1.165, 1.54) is 12.1 Å². The number of hydrogen-bond acceptors (Lipinski definition) is 13. The van der Waals surface area contributed by atoms with Gasteiger partial charge in [-0.05, 0) is 61.0 Å². The summed E-state index contributed by atoms with van der Waals surface area (Å²) in [4.78, 5) is 83.9. The molecule has 0 radical (unpaired) electrons. The lowest BCUT2D eigenvalue weighted by Gasteiger charge is -2.64. The van der Waals surface area contributed by atoms with E-state index < -0.39 is 113 Å². The van der Waals surface area contributed by atoms with Gasteiger partial charge in [-0.25, -0.2) is 14.4 Å². The van der Waals surface area contributed by atoms with Gasteiger partial charge in [0.2, 0.25) is 0 Å². The summed E-state index contributed by atoms with van der Waals surface area (Å²) in [6.07, 6.45) is -8.84. The highest BCUT2D eigenvalue weighted by molar-refractivity contribution is 5.96. The molecule has 332 valence electrons. The number of carbonyl (C=O) groups is 6. The third-order valence-corrected chi connectivity index (χ3v) is 13.5. The summed E-state index contributed by atoms with van der Waals surface area (Å²) in [5, 5.41) is 30.6. The van der Waals surface area contributed by atoms with Gasteiger partial charge in [0.1, 0.15) is 23.9 Å². The van der Waals surface area contributed by atoms with Crippen LogP contribution in [0.15, 0.2) is 115 Å². The molecule has 3 fully saturated rings. The minimum Gasteiger partial charge on any atom is -0.456 e. The number of aliphatic hydroxyl groups is 2. The third-order valence-electron chi connectivity index (χ3n) is 13.5. The van der Waals surface area contributed by atoms with Crippen LogP contribution in [0.2, 0.25) is 0 Å². The molecule has 3 aliphatic carbocycles. The first kappa shape index (κ1) is 44.9. The Hall–Kier alpha value is -6.16. The molecule has 3 aromatic rings. The zero-order chi connectivity index (χ0) is 45.4. The Labute approximate surface area is 364 Å². The van der Waals surface area contributed by atoms with Crippen LogP contribution < -0.4 is 10.6 Å². The Kier molecular flexibility index (Phi) is 12.5. The van der Waals surface area contributed by atoms with E-state index in [0.29, 0.717) is 5.56 Å². The van der Waals surface area contributed by atoms with Crippen molar-refractivity contribution in [1.82, 2.24) is 10.6 Å². The molecular weight excluding hydrogens is 813 g/mol. The summed E-state index contributed by atoms with van der Waals surface area (Å²) in [6, 6.07) is 23.3. The first-order chi connectivity index (χ1) is 29.9. The number of nitrogens with one attached hydrogen (secondary N) is 2. The topological polar surface area (TPSA) is 213 Å². The highest BCUT2D eigenvalue weighted by atomic mass is 16.6. The monoisotopic (exact) mass is 864 g/mol. The van der Waals surface area contributed by atoms with Crippen molar-refractivity contribution in [2.75, 3.05) is 6.61 Å². The summed E-state index contributed by atoms with van der Waals surface area (Å²) in [7, 11) is 0. The number of ether oxygens (including phenoxy) is 5. The van der Waals surface area contributed by atoms with Gasteiger partial charge in [-0.1, -0.05) is 87.2 Å². The smallest absolute Gasteiger partial charge is 0.411 e. The summed E-state index contributed by atoms with van der Waals surface area (Å²) >= 11 is 0. The molecule has 63 heavy (non-hydrogen) atoms. The van der Waals surface area contributed by atoms with Crippen LogP contribution in [0.3, 0.4) is 0 Å². The molecule has 7 rings (SSSR count). The molecule has 4 unspecified atom stereocenters. The number of Topliss-reactive ketones (excluding diaryl/α,β-unsaturated/α-hetero) is 1. The molecule has 3 aromatic carbocycles. The Morgan fingerprint density at radius 1 is 0.873 bits per heavy atom. The number of aliphatic hydroxyl groups excluding tert-OH is 1. The molecule has 0 aromatic heterocycles. The second-order valence-electron chi connectivity index (χ2n) is 17.3. The van der Waals surface area contributed by atoms with E-state index in [1.54, 1.807) is 107 Å². The summed E-state index contributed by atoms with van der Waals surface area (Å²) < 4.78 is 30.4. The minimum atomic E-state index is -2.24.